The number of aromatic nitrogens is 3. The molecular formula is C22H20N6O3. The number of anilines is 2. The number of carbonyl (C=O) groups excluding carboxylic acids is 2. The van der Waals surface area contributed by atoms with Crippen molar-refractivity contribution >= 4 is 23.3 Å². The molecule has 1 aliphatic rings. The standard InChI is InChI=1S/C22H20N6O3/c1-14-6-7-18(31-2)17(9-14)27-13-15(10-20(27)29)22(30)26-21-16(11-23)12-25-28(21)19-5-3-4-8-24-19/h3-9,12,15H,10,13H2,1-2H3,(H,26,30). The number of hydrogen-bond acceptors (Lipinski definition) is 6. The molecule has 1 N–H and O–H groups in total. The Balaban J connectivity index is 1.58. The lowest BCUT2D eigenvalue weighted by atomic mass is 10.1. The number of nitrogens with one attached hydrogen (secondary N) is 1. The van der Waals surface area contributed by atoms with Crippen LogP contribution in [0, 0.1) is 24.2 Å². The molecule has 4 rings (SSSR count). The van der Waals surface area contributed by atoms with Crippen molar-refractivity contribution in [3.8, 4) is 17.6 Å². The van der Waals surface area contributed by atoms with Gasteiger partial charge in [-0.15, -0.1) is 0 Å². The lowest BCUT2D eigenvalue weighted by Gasteiger charge is -2.20. The van der Waals surface area contributed by atoms with E-state index in [4.69, 9.17) is 4.74 Å². The van der Waals surface area contributed by atoms with Crippen molar-refractivity contribution < 1.29 is 14.3 Å². The van der Waals surface area contributed by atoms with E-state index in [1.54, 1.807) is 42.5 Å². The Morgan fingerprint density at radius 1 is 1.32 bits per heavy atom. The van der Waals surface area contributed by atoms with Gasteiger partial charge in [0.05, 0.1) is 24.9 Å². The topological polar surface area (TPSA) is 113 Å². The number of pyridine rings is 1. The molecule has 0 radical (unpaired) electrons. The highest BCUT2D eigenvalue weighted by Crippen LogP contribution is 2.34. The highest BCUT2D eigenvalue weighted by Gasteiger charge is 2.37. The molecule has 1 aromatic carbocycles. The van der Waals surface area contributed by atoms with Crippen LogP contribution in [-0.2, 0) is 9.59 Å². The minimum Gasteiger partial charge on any atom is -0.495 e. The van der Waals surface area contributed by atoms with Gasteiger partial charge in [-0.05, 0) is 36.8 Å². The fraction of sp³-hybridized carbons (Fsp3) is 0.227. The zero-order chi connectivity index (χ0) is 22.0. The van der Waals surface area contributed by atoms with Crippen LogP contribution in [0.5, 0.6) is 5.75 Å². The fourth-order valence-corrected chi connectivity index (χ4v) is 3.55. The molecule has 0 spiro atoms. The number of nitrogens with zero attached hydrogens (tertiary/aromatic N) is 5. The summed E-state index contributed by atoms with van der Waals surface area (Å²) in [5, 5.41) is 16.4. The Morgan fingerprint density at radius 2 is 2.16 bits per heavy atom. The van der Waals surface area contributed by atoms with Gasteiger partial charge in [0.1, 0.15) is 17.4 Å². The number of aryl methyl sites for hydroxylation is 1. The summed E-state index contributed by atoms with van der Waals surface area (Å²) >= 11 is 0. The largest absolute Gasteiger partial charge is 0.495 e. The van der Waals surface area contributed by atoms with Crippen LogP contribution in [0.2, 0.25) is 0 Å². The van der Waals surface area contributed by atoms with Crippen LogP contribution >= 0.6 is 0 Å². The Labute approximate surface area is 178 Å². The molecule has 31 heavy (non-hydrogen) atoms. The monoisotopic (exact) mass is 416 g/mol. The van der Waals surface area contributed by atoms with Gasteiger partial charge < -0.3 is 15.0 Å². The number of benzene rings is 1. The molecule has 0 aliphatic carbocycles. The molecule has 3 aromatic rings. The Hall–Kier alpha value is -4.19. The number of amides is 2. The Kier molecular flexibility index (Phi) is 5.37. The summed E-state index contributed by atoms with van der Waals surface area (Å²) in [5.74, 6) is 0.147. The summed E-state index contributed by atoms with van der Waals surface area (Å²) in [6.07, 6.45) is 3.02. The molecular weight excluding hydrogens is 396 g/mol. The minimum absolute atomic E-state index is 0.0581. The van der Waals surface area contributed by atoms with Crippen molar-refractivity contribution in [1.29, 1.82) is 5.26 Å². The first kappa shape index (κ1) is 20.1. The van der Waals surface area contributed by atoms with Crippen LogP contribution in [0.1, 0.15) is 17.5 Å². The Morgan fingerprint density at radius 3 is 2.87 bits per heavy atom. The number of ether oxygens (including phenoxy) is 1. The maximum atomic E-state index is 13.0. The highest BCUT2D eigenvalue weighted by molar-refractivity contribution is 6.04. The van der Waals surface area contributed by atoms with E-state index < -0.39 is 5.92 Å². The molecule has 3 heterocycles. The summed E-state index contributed by atoms with van der Waals surface area (Å²) in [7, 11) is 1.54. The number of carbonyl (C=O) groups is 2. The first-order valence-corrected chi connectivity index (χ1v) is 9.67. The van der Waals surface area contributed by atoms with Gasteiger partial charge in [0, 0.05) is 19.2 Å². The van der Waals surface area contributed by atoms with Crippen LogP contribution in [0.25, 0.3) is 5.82 Å². The van der Waals surface area contributed by atoms with Crippen molar-refractivity contribution in [3.05, 3.63) is 59.9 Å². The Bertz CT molecular complexity index is 1180. The second-order valence-corrected chi connectivity index (χ2v) is 7.19. The van der Waals surface area contributed by atoms with E-state index in [1.165, 1.54) is 10.9 Å². The van der Waals surface area contributed by atoms with Gasteiger partial charge in [-0.25, -0.2) is 4.98 Å². The number of hydrogen-bond donors (Lipinski definition) is 1. The number of methoxy groups -OCH3 is 1. The zero-order valence-corrected chi connectivity index (χ0v) is 17.1. The SMILES string of the molecule is COc1ccc(C)cc1N1CC(C(=O)Nc2c(C#N)cnn2-c2ccccn2)CC1=O. The van der Waals surface area contributed by atoms with Gasteiger partial charge in [-0.2, -0.15) is 15.0 Å². The molecule has 1 atom stereocenters. The predicted octanol–water partition coefficient (Wildman–Crippen LogP) is 2.45. The molecule has 0 bridgehead atoms. The molecule has 1 saturated heterocycles. The zero-order valence-electron chi connectivity index (χ0n) is 17.1. The molecule has 1 aliphatic heterocycles. The smallest absolute Gasteiger partial charge is 0.231 e. The van der Waals surface area contributed by atoms with Gasteiger partial charge in [0.15, 0.2) is 11.6 Å². The van der Waals surface area contributed by atoms with E-state index in [-0.39, 0.29) is 36.2 Å². The average Bonchev–Trinajstić information content (AvgIpc) is 3.37. The third kappa shape index (κ3) is 3.83. The normalized spacial score (nSPS) is 15.6. The van der Waals surface area contributed by atoms with Gasteiger partial charge >= 0.3 is 0 Å². The molecule has 1 unspecified atom stereocenters. The lowest BCUT2D eigenvalue weighted by Crippen LogP contribution is -2.29. The van der Waals surface area contributed by atoms with E-state index in [0.717, 1.165) is 5.56 Å². The maximum Gasteiger partial charge on any atom is 0.231 e. The van der Waals surface area contributed by atoms with E-state index in [1.807, 2.05) is 25.1 Å². The number of nitriles is 1. The van der Waals surface area contributed by atoms with Crippen LogP contribution in [-0.4, -0.2) is 40.2 Å². The summed E-state index contributed by atoms with van der Waals surface area (Å²) in [6.45, 7) is 2.14. The maximum absolute atomic E-state index is 13.0. The molecule has 9 heteroatoms. The first-order valence-electron chi connectivity index (χ1n) is 9.67. The summed E-state index contributed by atoms with van der Waals surface area (Å²) in [5.41, 5.74) is 1.83. The lowest BCUT2D eigenvalue weighted by molar-refractivity contribution is -0.122. The van der Waals surface area contributed by atoms with Crippen molar-refractivity contribution in [2.24, 2.45) is 5.92 Å². The molecule has 2 aromatic heterocycles. The van der Waals surface area contributed by atoms with Crippen LogP contribution in [0.4, 0.5) is 11.5 Å². The predicted molar refractivity (Wildman–Crippen MR) is 113 cm³/mol. The van der Waals surface area contributed by atoms with E-state index in [9.17, 15) is 14.9 Å². The second kappa shape index (κ2) is 8.28. The third-order valence-corrected chi connectivity index (χ3v) is 5.12. The highest BCUT2D eigenvalue weighted by atomic mass is 16.5. The van der Waals surface area contributed by atoms with E-state index in [2.05, 4.69) is 15.4 Å². The van der Waals surface area contributed by atoms with Gasteiger partial charge in [0.25, 0.3) is 0 Å². The molecule has 1 fully saturated rings. The molecule has 0 saturated carbocycles. The van der Waals surface area contributed by atoms with Crippen molar-refractivity contribution in [3.63, 3.8) is 0 Å². The third-order valence-electron chi connectivity index (χ3n) is 5.12. The quantitative estimate of drug-likeness (QED) is 0.684. The van der Waals surface area contributed by atoms with Crippen LogP contribution in [0.3, 0.4) is 0 Å². The van der Waals surface area contributed by atoms with Gasteiger partial charge in [-0.1, -0.05) is 12.1 Å². The first-order chi connectivity index (χ1) is 15.0. The molecule has 9 nitrogen and oxygen atoms in total. The van der Waals surface area contributed by atoms with Crippen LogP contribution in [0.15, 0.2) is 48.8 Å². The summed E-state index contributed by atoms with van der Waals surface area (Å²) < 4.78 is 6.79. The van der Waals surface area contributed by atoms with E-state index in [0.29, 0.717) is 17.3 Å². The second-order valence-electron chi connectivity index (χ2n) is 7.19. The van der Waals surface area contributed by atoms with Crippen molar-refractivity contribution in [1.82, 2.24) is 14.8 Å². The van der Waals surface area contributed by atoms with Gasteiger partial charge in [-0.3, -0.25) is 9.59 Å². The molecule has 156 valence electrons. The van der Waals surface area contributed by atoms with Crippen molar-refractivity contribution in [2.75, 3.05) is 23.9 Å². The van der Waals surface area contributed by atoms with E-state index >= 15 is 0 Å². The summed E-state index contributed by atoms with van der Waals surface area (Å²) in [6, 6.07) is 12.8. The average molecular weight is 416 g/mol. The fourth-order valence-electron chi connectivity index (χ4n) is 3.55. The molecule has 2 amide bonds. The summed E-state index contributed by atoms with van der Waals surface area (Å²) in [4.78, 5) is 31.5. The van der Waals surface area contributed by atoms with Crippen LogP contribution < -0.4 is 15.0 Å². The number of rotatable bonds is 5. The van der Waals surface area contributed by atoms with Gasteiger partial charge in [0.2, 0.25) is 11.8 Å². The minimum atomic E-state index is -0.587. The van der Waals surface area contributed by atoms with Crippen molar-refractivity contribution in [2.45, 2.75) is 13.3 Å².